The summed E-state index contributed by atoms with van der Waals surface area (Å²) in [6.45, 7) is 5.53. The van der Waals surface area contributed by atoms with Gasteiger partial charge in [0.25, 0.3) is 0 Å². The first-order valence-electron chi connectivity index (χ1n) is 6.39. The minimum atomic E-state index is -3.21. The summed E-state index contributed by atoms with van der Waals surface area (Å²) in [4.78, 5) is 0. The van der Waals surface area contributed by atoms with E-state index in [0.29, 0.717) is 5.75 Å². The van der Waals surface area contributed by atoms with Gasteiger partial charge in [-0.1, -0.05) is 32.0 Å². The average Bonchev–Trinajstić information content (AvgIpc) is 2.36. The van der Waals surface area contributed by atoms with Crippen molar-refractivity contribution in [1.82, 2.24) is 0 Å². The van der Waals surface area contributed by atoms with Crippen molar-refractivity contribution in [2.75, 3.05) is 12.9 Å². The fourth-order valence-electron chi connectivity index (χ4n) is 1.88. The summed E-state index contributed by atoms with van der Waals surface area (Å²) in [5.41, 5.74) is 6.76. The first-order valence-corrected chi connectivity index (χ1v) is 8.11. The number of benzene rings is 1. The Morgan fingerprint density at radius 3 is 2.32 bits per heavy atom. The first-order chi connectivity index (χ1) is 8.79. The van der Waals surface area contributed by atoms with Crippen LogP contribution < -0.4 is 10.5 Å². The number of ether oxygens (including phenoxy) is 1. The van der Waals surface area contributed by atoms with E-state index in [0.717, 1.165) is 5.56 Å². The van der Waals surface area contributed by atoms with Crippen LogP contribution in [-0.2, 0) is 9.84 Å². The van der Waals surface area contributed by atoms with Crippen molar-refractivity contribution in [3.05, 3.63) is 29.8 Å². The van der Waals surface area contributed by atoms with E-state index in [1.807, 2.05) is 26.0 Å². The maximum absolute atomic E-state index is 12.2. The van der Waals surface area contributed by atoms with Crippen molar-refractivity contribution < 1.29 is 13.2 Å². The third-order valence-corrected chi connectivity index (χ3v) is 5.96. The molecule has 0 amide bonds. The zero-order chi connectivity index (χ0) is 14.6. The topological polar surface area (TPSA) is 69.4 Å². The summed E-state index contributed by atoms with van der Waals surface area (Å²) >= 11 is 0. The quantitative estimate of drug-likeness (QED) is 0.869. The molecular formula is C14H23NO3S. The molecule has 2 N–H and O–H groups in total. The summed E-state index contributed by atoms with van der Waals surface area (Å²) in [6, 6.07) is 6.69. The molecule has 0 aromatic heterocycles. The molecule has 0 aliphatic heterocycles. The van der Waals surface area contributed by atoms with Crippen LogP contribution in [-0.4, -0.2) is 26.5 Å². The lowest BCUT2D eigenvalue weighted by Crippen LogP contribution is -2.31. The number of methoxy groups -OCH3 is 1. The summed E-state index contributed by atoms with van der Waals surface area (Å²) in [6.07, 6.45) is 0. The van der Waals surface area contributed by atoms with E-state index in [-0.39, 0.29) is 11.7 Å². The van der Waals surface area contributed by atoms with Gasteiger partial charge in [-0.2, -0.15) is 0 Å². The van der Waals surface area contributed by atoms with E-state index in [1.165, 1.54) is 0 Å². The summed E-state index contributed by atoms with van der Waals surface area (Å²) in [5, 5.41) is -0.395. The molecule has 0 heterocycles. The van der Waals surface area contributed by atoms with Gasteiger partial charge in [0.15, 0.2) is 9.84 Å². The fourth-order valence-corrected chi connectivity index (χ4v) is 3.69. The highest BCUT2D eigenvalue weighted by atomic mass is 32.2. The van der Waals surface area contributed by atoms with Crippen molar-refractivity contribution in [2.45, 2.75) is 32.1 Å². The van der Waals surface area contributed by atoms with Gasteiger partial charge in [-0.25, -0.2) is 8.42 Å². The SMILES string of the molecule is COc1ccccc1C(N)CS(=O)(=O)C(C)C(C)C. The highest BCUT2D eigenvalue weighted by Crippen LogP contribution is 2.25. The maximum atomic E-state index is 12.2. The average molecular weight is 285 g/mol. The summed E-state index contributed by atoms with van der Waals surface area (Å²) < 4.78 is 29.7. The number of sulfone groups is 1. The molecule has 0 saturated carbocycles. The maximum Gasteiger partial charge on any atom is 0.155 e. The molecule has 0 bridgehead atoms. The van der Waals surface area contributed by atoms with Crippen LogP contribution in [0.2, 0.25) is 0 Å². The van der Waals surface area contributed by atoms with Crippen LogP contribution in [0.5, 0.6) is 5.75 Å². The second kappa shape index (κ2) is 6.39. The number of rotatable bonds is 6. The molecule has 4 nitrogen and oxygen atoms in total. The monoisotopic (exact) mass is 285 g/mol. The fraction of sp³-hybridized carbons (Fsp3) is 0.571. The Morgan fingerprint density at radius 2 is 1.79 bits per heavy atom. The van der Waals surface area contributed by atoms with Gasteiger partial charge >= 0.3 is 0 Å². The lowest BCUT2D eigenvalue weighted by Gasteiger charge is -2.20. The Balaban J connectivity index is 2.94. The van der Waals surface area contributed by atoms with Crippen molar-refractivity contribution >= 4 is 9.84 Å². The zero-order valence-electron chi connectivity index (χ0n) is 12.0. The standard InChI is InChI=1S/C14H23NO3S/c1-10(2)11(3)19(16,17)9-13(15)12-7-5-6-8-14(12)18-4/h5-8,10-11,13H,9,15H2,1-4H3. The van der Waals surface area contributed by atoms with E-state index in [4.69, 9.17) is 10.5 Å². The second-order valence-electron chi connectivity index (χ2n) is 5.13. The van der Waals surface area contributed by atoms with Crippen LogP contribution in [0, 0.1) is 5.92 Å². The molecule has 5 heteroatoms. The van der Waals surface area contributed by atoms with E-state index in [2.05, 4.69) is 0 Å². The third-order valence-electron chi connectivity index (χ3n) is 3.46. The molecule has 0 fully saturated rings. The molecule has 2 atom stereocenters. The molecule has 108 valence electrons. The minimum absolute atomic E-state index is 0.0628. The highest BCUT2D eigenvalue weighted by molar-refractivity contribution is 7.92. The number of hydrogen-bond donors (Lipinski definition) is 1. The van der Waals surface area contributed by atoms with Crippen LogP contribution in [0.25, 0.3) is 0 Å². The second-order valence-corrected chi connectivity index (χ2v) is 7.53. The molecule has 0 spiro atoms. The van der Waals surface area contributed by atoms with E-state index in [1.54, 1.807) is 26.2 Å². The van der Waals surface area contributed by atoms with Crippen molar-refractivity contribution in [3.63, 3.8) is 0 Å². The van der Waals surface area contributed by atoms with Gasteiger partial charge in [-0.05, 0) is 18.9 Å². The molecule has 1 aromatic carbocycles. The molecule has 0 saturated heterocycles. The Kier molecular flexibility index (Phi) is 5.38. The smallest absolute Gasteiger partial charge is 0.155 e. The van der Waals surface area contributed by atoms with Crippen molar-refractivity contribution in [3.8, 4) is 5.75 Å². The molecule has 0 aliphatic carbocycles. The largest absolute Gasteiger partial charge is 0.496 e. The highest BCUT2D eigenvalue weighted by Gasteiger charge is 2.27. The number of para-hydroxylation sites is 1. The Bertz CT molecular complexity index is 511. The Morgan fingerprint density at radius 1 is 1.21 bits per heavy atom. The third kappa shape index (κ3) is 3.94. The minimum Gasteiger partial charge on any atom is -0.496 e. The lowest BCUT2D eigenvalue weighted by molar-refractivity contribution is 0.407. The van der Waals surface area contributed by atoms with E-state index in [9.17, 15) is 8.42 Å². The van der Waals surface area contributed by atoms with Crippen LogP contribution in [0.1, 0.15) is 32.4 Å². The molecule has 1 rings (SSSR count). The van der Waals surface area contributed by atoms with Gasteiger partial charge in [-0.3, -0.25) is 0 Å². The van der Waals surface area contributed by atoms with Crippen molar-refractivity contribution in [1.29, 1.82) is 0 Å². The number of nitrogens with two attached hydrogens (primary N) is 1. The predicted octanol–water partition coefficient (Wildman–Crippen LogP) is 2.15. The molecule has 19 heavy (non-hydrogen) atoms. The van der Waals surface area contributed by atoms with Gasteiger partial charge in [-0.15, -0.1) is 0 Å². The number of hydrogen-bond acceptors (Lipinski definition) is 4. The first kappa shape index (κ1) is 16.0. The van der Waals surface area contributed by atoms with Crippen LogP contribution in [0.3, 0.4) is 0 Å². The van der Waals surface area contributed by atoms with Gasteiger partial charge in [0.05, 0.1) is 18.1 Å². The van der Waals surface area contributed by atoms with Gasteiger partial charge in [0, 0.05) is 11.6 Å². The van der Waals surface area contributed by atoms with E-state index < -0.39 is 21.1 Å². The van der Waals surface area contributed by atoms with E-state index >= 15 is 0 Å². The van der Waals surface area contributed by atoms with Crippen LogP contribution in [0.4, 0.5) is 0 Å². The van der Waals surface area contributed by atoms with Crippen molar-refractivity contribution in [2.24, 2.45) is 11.7 Å². The van der Waals surface area contributed by atoms with Gasteiger partial charge in [0.2, 0.25) is 0 Å². The van der Waals surface area contributed by atoms with Crippen LogP contribution in [0.15, 0.2) is 24.3 Å². The molecule has 0 radical (unpaired) electrons. The summed E-state index contributed by atoms with van der Waals surface area (Å²) in [5.74, 6) is 0.643. The van der Waals surface area contributed by atoms with Gasteiger partial charge < -0.3 is 10.5 Å². The zero-order valence-corrected chi connectivity index (χ0v) is 12.8. The Hall–Kier alpha value is -1.07. The Labute approximate surface area is 115 Å². The molecule has 0 aliphatic rings. The van der Waals surface area contributed by atoms with Gasteiger partial charge in [0.1, 0.15) is 5.75 Å². The molecular weight excluding hydrogens is 262 g/mol. The van der Waals surface area contributed by atoms with Crippen LogP contribution >= 0.6 is 0 Å². The summed E-state index contributed by atoms with van der Waals surface area (Å²) in [7, 11) is -1.66. The predicted molar refractivity (Wildman–Crippen MR) is 78.0 cm³/mol. The molecule has 1 aromatic rings. The molecule has 2 unspecified atom stereocenters. The lowest BCUT2D eigenvalue weighted by atomic mass is 10.1. The normalized spacial score (nSPS) is 15.3.